The van der Waals surface area contributed by atoms with Crippen LogP contribution in [0.25, 0.3) is 0 Å². The topological polar surface area (TPSA) is 44.8 Å². The van der Waals surface area contributed by atoms with Crippen molar-refractivity contribution in [3.63, 3.8) is 0 Å². The molecule has 1 heterocycles. The van der Waals surface area contributed by atoms with Crippen LogP contribution >= 0.6 is 0 Å². The van der Waals surface area contributed by atoms with Gasteiger partial charge in [0.05, 0.1) is 25.3 Å². The number of rotatable bonds is 7. The number of carbonyl (C=O) groups is 1. The summed E-state index contributed by atoms with van der Waals surface area (Å²) in [7, 11) is 0. The average molecular weight is 422 g/mol. The molecule has 1 aliphatic carbocycles. The highest BCUT2D eigenvalue weighted by Crippen LogP contribution is 2.35. The third-order valence-electron chi connectivity index (χ3n) is 6.60. The van der Waals surface area contributed by atoms with Crippen molar-refractivity contribution >= 4 is 6.03 Å². The van der Waals surface area contributed by atoms with E-state index >= 15 is 0 Å². The Labute approximate surface area is 186 Å². The van der Waals surface area contributed by atoms with E-state index in [1.807, 2.05) is 0 Å². The number of aryl methyl sites for hydroxylation is 2. The van der Waals surface area contributed by atoms with Gasteiger partial charge < -0.3 is 15.0 Å². The second kappa shape index (κ2) is 10.3. The molecule has 2 aliphatic rings. The van der Waals surface area contributed by atoms with Gasteiger partial charge in [0, 0.05) is 26.2 Å². The molecule has 0 radical (unpaired) electrons. The minimum atomic E-state index is 0.0499. The summed E-state index contributed by atoms with van der Waals surface area (Å²) in [4.78, 5) is 17.9. The van der Waals surface area contributed by atoms with Crippen molar-refractivity contribution in [3.05, 3.63) is 70.8 Å². The van der Waals surface area contributed by atoms with E-state index in [0.29, 0.717) is 6.54 Å². The van der Waals surface area contributed by atoms with Crippen molar-refractivity contribution in [3.8, 4) is 0 Å². The smallest absolute Gasteiger partial charge is 0.317 e. The number of morpholine rings is 1. The zero-order valence-electron chi connectivity index (χ0n) is 18.8. The molecule has 2 atom stereocenters. The first-order valence-electron chi connectivity index (χ1n) is 11.7. The van der Waals surface area contributed by atoms with Crippen molar-refractivity contribution in [1.82, 2.24) is 15.1 Å². The number of hydrogen-bond donors (Lipinski definition) is 1. The number of ether oxygens (including phenoxy) is 1. The molecule has 31 heavy (non-hydrogen) atoms. The van der Waals surface area contributed by atoms with E-state index in [-0.39, 0.29) is 18.1 Å². The molecule has 0 saturated carbocycles. The van der Waals surface area contributed by atoms with Gasteiger partial charge >= 0.3 is 6.03 Å². The third kappa shape index (κ3) is 5.10. The number of amides is 2. The molecule has 1 saturated heterocycles. The lowest BCUT2D eigenvalue weighted by Gasteiger charge is -2.36. The van der Waals surface area contributed by atoms with Gasteiger partial charge in [-0.15, -0.1) is 0 Å². The predicted octanol–water partition coefficient (Wildman–Crippen LogP) is 4.48. The van der Waals surface area contributed by atoms with E-state index in [0.717, 1.165) is 52.1 Å². The van der Waals surface area contributed by atoms with Gasteiger partial charge in [0.15, 0.2) is 0 Å². The van der Waals surface area contributed by atoms with Crippen LogP contribution < -0.4 is 5.32 Å². The summed E-state index contributed by atoms with van der Waals surface area (Å²) >= 11 is 0. The molecule has 2 aromatic carbocycles. The number of urea groups is 1. The molecule has 2 amide bonds. The largest absolute Gasteiger partial charge is 0.379 e. The van der Waals surface area contributed by atoms with Crippen molar-refractivity contribution in [1.29, 1.82) is 0 Å². The van der Waals surface area contributed by atoms with Gasteiger partial charge in [-0.05, 0) is 42.9 Å². The molecule has 2 aromatic rings. The molecule has 2 unspecified atom stereocenters. The zero-order chi connectivity index (χ0) is 21.6. The van der Waals surface area contributed by atoms with Crippen LogP contribution in [-0.4, -0.2) is 55.2 Å². The lowest BCUT2D eigenvalue weighted by molar-refractivity contribution is 0.0163. The van der Waals surface area contributed by atoms with Gasteiger partial charge in [0.1, 0.15) is 0 Å². The van der Waals surface area contributed by atoms with Crippen LogP contribution in [0, 0.1) is 6.92 Å². The lowest BCUT2D eigenvalue weighted by atomic mass is 10.0. The number of nitrogens with one attached hydrogen (secondary N) is 1. The molecule has 0 spiro atoms. The van der Waals surface area contributed by atoms with E-state index in [1.165, 1.54) is 22.3 Å². The van der Waals surface area contributed by atoms with Crippen molar-refractivity contribution in [2.75, 3.05) is 39.4 Å². The van der Waals surface area contributed by atoms with Crippen molar-refractivity contribution in [2.24, 2.45) is 0 Å². The summed E-state index contributed by atoms with van der Waals surface area (Å²) in [5, 5.41) is 3.29. The van der Waals surface area contributed by atoms with E-state index in [1.54, 1.807) is 0 Å². The van der Waals surface area contributed by atoms with Gasteiger partial charge in [-0.25, -0.2) is 4.79 Å². The standard InChI is InChI=1S/C26H35N3O2/c1-3-14-29(24-13-12-21-6-4-5-7-23(21)24)26(30)27-19-25(28-15-17-31-18-16-28)22-10-8-20(2)9-11-22/h4-11,24-25H,3,12-19H2,1-2H3,(H,27,30). The van der Waals surface area contributed by atoms with Crippen LogP contribution in [0.3, 0.4) is 0 Å². The monoisotopic (exact) mass is 421 g/mol. The summed E-state index contributed by atoms with van der Waals surface area (Å²) in [6.07, 6.45) is 3.02. The Morgan fingerprint density at radius 3 is 2.65 bits per heavy atom. The number of fused-ring (bicyclic) bond motifs is 1. The summed E-state index contributed by atoms with van der Waals surface area (Å²) in [5.74, 6) is 0. The molecular weight excluding hydrogens is 386 g/mol. The van der Waals surface area contributed by atoms with E-state index < -0.39 is 0 Å². The number of carbonyl (C=O) groups excluding carboxylic acids is 1. The number of nitrogens with zero attached hydrogens (tertiary/aromatic N) is 2. The van der Waals surface area contributed by atoms with Gasteiger partial charge in [0.25, 0.3) is 0 Å². The van der Waals surface area contributed by atoms with Crippen LogP contribution in [-0.2, 0) is 11.2 Å². The van der Waals surface area contributed by atoms with Crippen LogP contribution in [0.1, 0.15) is 54.1 Å². The van der Waals surface area contributed by atoms with E-state index in [9.17, 15) is 4.79 Å². The SMILES string of the molecule is CCCN(C(=O)NCC(c1ccc(C)cc1)N1CCOCC1)C1CCc2ccccc21. The third-order valence-corrected chi connectivity index (χ3v) is 6.60. The Hall–Kier alpha value is -2.37. The average Bonchev–Trinajstić information content (AvgIpc) is 3.23. The van der Waals surface area contributed by atoms with Crippen molar-refractivity contribution in [2.45, 2.75) is 45.2 Å². The molecular formula is C26H35N3O2. The maximum Gasteiger partial charge on any atom is 0.317 e. The Kier molecular flexibility index (Phi) is 7.25. The van der Waals surface area contributed by atoms with E-state index in [2.05, 4.69) is 77.5 Å². The molecule has 5 heteroatoms. The normalized spacial score (nSPS) is 19.6. The Balaban J connectivity index is 1.48. The minimum Gasteiger partial charge on any atom is -0.379 e. The van der Waals surface area contributed by atoms with Gasteiger partial charge in [-0.1, -0.05) is 61.0 Å². The Morgan fingerprint density at radius 2 is 1.90 bits per heavy atom. The molecule has 1 fully saturated rings. The predicted molar refractivity (Wildman–Crippen MR) is 124 cm³/mol. The maximum absolute atomic E-state index is 13.4. The van der Waals surface area contributed by atoms with Crippen LogP contribution in [0.5, 0.6) is 0 Å². The molecule has 5 nitrogen and oxygen atoms in total. The molecule has 1 aliphatic heterocycles. The quantitative estimate of drug-likeness (QED) is 0.717. The van der Waals surface area contributed by atoms with Gasteiger partial charge in [-0.3, -0.25) is 4.90 Å². The highest BCUT2D eigenvalue weighted by atomic mass is 16.5. The van der Waals surface area contributed by atoms with Crippen LogP contribution in [0.2, 0.25) is 0 Å². The first-order valence-corrected chi connectivity index (χ1v) is 11.7. The fourth-order valence-electron chi connectivity index (χ4n) is 4.92. The summed E-state index contributed by atoms with van der Waals surface area (Å²) in [5.41, 5.74) is 5.20. The highest BCUT2D eigenvalue weighted by Gasteiger charge is 2.31. The van der Waals surface area contributed by atoms with Gasteiger partial charge in [0.2, 0.25) is 0 Å². The van der Waals surface area contributed by atoms with Crippen molar-refractivity contribution < 1.29 is 9.53 Å². The molecule has 166 valence electrons. The lowest BCUT2D eigenvalue weighted by Crippen LogP contribution is -2.47. The molecule has 1 N–H and O–H groups in total. The minimum absolute atomic E-state index is 0.0499. The van der Waals surface area contributed by atoms with Gasteiger partial charge in [-0.2, -0.15) is 0 Å². The number of hydrogen-bond acceptors (Lipinski definition) is 3. The molecule has 0 aromatic heterocycles. The molecule has 4 rings (SSSR count). The molecule has 0 bridgehead atoms. The summed E-state index contributed by atoms with van der Waals surface area (Å²) < 4.78 is 5.56. The fraction of sp³-hybridized carbons (Fsp3) is 0.500. The fourth-order valence-corrected chi connectivity index (χ4v) is 4.92. The maximum atomic E-state index is 13.4. The first-order chi connectivity index (χ1) is 15.2. The first kappa shape index (κ1) is 21.8. The highest BCUT2D eigenvalue weighted by molar-refractivity contribution is 5.75. The zero-order valence-corrected chi connectivity index (χ0v) is 18.8. The summed E-state index contributed by atoms with van der Waals surface area (Å²) in [6, 6.07) is 17.7. The Bertz CT molecular complexity index is 861. The van der Waals surface area contributed by atoms with Crippen LogP contribution in [0.15, 0.2) is 48.5 Å². The number of benzene rings is 2. The Morgan fingerprint density at radius 1 is 1.16 bits per heavy atom. The second-order valence-corrected chi connectivity index (χ2v) is 8.71. The van der Waals surface area contributed by atoms with Crippen LogP contribution in [0.4, 0.5) is 4.79 Å². The summed E-state index contributed by atoms with van der Waals surface area (Å²) in [6.45, 7) is 8.91. The van der Waals surface area contributed by atoms with E-state index in [4.69, 9.17) is 4.74 Å². The second-order valence-electron chi connectivity index (χ2n) is 8.71.